The number of nitrogens with one attached hydrogen (secondary N) is 2. The minimum Gasteiger partial charge on any atom is -0.440 e. The van der Waals surface area contributed by atoms with Gasteiger partial charge in [-0.3, -0.25) is 5.32 Å². The van der Waals surface area contributed by atoms with Crippen LogP contribution in [0.1, 0.15) is 104 Å². The lowest BCUT2D eigenvalue weighted by Gasteiger charge is -2.29. The van der Waals surface area contributed by atoms with E-state index in [-0.39, 0.29) is 6.61 Å². The van der Waals surface area contributed by atoms with E-state index in [4.69, 9.17) is 23.7 Å². The minimum absolute atomic E-state index is 0.225. The Labute approximate surface area is 266 Å². The summed E-state index contributed by atoms with van der Waals surface area (Å²) < 4.78 is 31.6. The Bertz CT molecular complexity index is 944. The molecule has 0 saturated carbocycles. The van der Waals surface area contributed by atoms with E-state index in [9.17, 15) is 4.79 Å². The monoisotopic (exact) mass is 617 g/mol. The standard InChI is InChI=1S/C35H59N3O6/c1-4-5-6-7-8-9-10-11-12-19-26-40-28-35-32(43-34(2,3)44-35)31(41-33(39)37-29-20-15-13-16-21-29)30(42-35)27-36-22-25-38-23-17-14-18-24-38/h13,15-16,20-21,30-32,36H,4-12,14,17-19,22-28H2,1-3H3,(H,37,39)/t30-,31+,32-,35-/m0/s1. The van der Waals surface area contributed by atoms with E-state index in [1.165, 1.54) is 70.6 Å². The molecule has 44 heavy (non-hydrogen) atoms. The van der Waals surface area contributed by atoms with Crippen molar-refractivity contribution < 1.29 is 28.5 Å². The number of unbranched alkanes of at least 4 members (excludes halogenated alkanes) is 9. The number of hydrogen-bond acceptors (Lipinski definition) is 8. The fraction of sp³-hybridized carbons (Fsp3) is 0.800. The second kappa shape index (κ2) is 18.4. The van der Waals surface area contributed by atoms with E-state index >= 15 is 0 Å². The van der Waals surface area contributed by atoms with Crippen LogP contribution in [0.3, 0.4) is 0 Å². The number of anilines is 1. The predicted molar refractivity (Wildman–Crippen MR) is 174 cm³/mol. The van der Waals surface area contributed by atoms with Crippen LogP contribution in [0.5, 0.6) is 0 Å². The maximum absolute atomic E-state index is 13.0. The van der Waals surface area contributed by atoms with Crippen molar-refractivity contribution in [3.05, 3.63) is 30.3 Å². The molecule has 3 heterocycles. The highest BCUT2D eigenvalue weighted by atomic mass is 16.9. The zero-order valence-corrected chi connectivity index (χ0v) is 27.7. The number of fused-ring (bicyclic) bond motifs is 1. The Balaban J connectivity index is 1.28. The first-order valence-corrected chi connectivity index (χ1v) is 17.5. The molecule has 9 nitrogen and oxygen atoms in total. The Hall–Kier alpha value is -1.75. The number of likely N-dealkylation sites (tertiary alicyclic amines) is 1. The highest BCUT2D eigenvalue weighted by Gasteiger charge is 2.66. The van der Waals surface area contributed by atoms with Crippen LogP contribution in [-0.4, -0.2) is 86.8 Å². The minimum atomic E-state index is -1.14. The predicted octanol–water partition coefficient (Wildman–Crippen LogP) is 6.86. The lowest BCUT2D eigenvalue weighted by atomic mass is 10.1. The molecule has 1 aromatic rings. The SMILES string of the molecule is CCCCCCCCCCCCOC[C@@]12O[C@@H](CNCCN3CCCCC3)[C@@H](OC(=O)Nc3ccccc3)[C@@H]1OC(C)(C)O2. The van der Waals surface area contributed by atoms with Gasteiger partial charge in [0.25, 0.3) is 0 Å². The first-order valence-electron chi connectivity index (χ1n) is 17.5. The van der Waals surface area contributed by atoms with E-state index in [1.807, 2.05) is 44.2 Å². The third-order valence-electron chi connectivity index (χ3n) is 8.89. The third kappa shape index (κ3) is 11.2. The molecule has 2 N–H and O–H groups in total. The molecule has 3 aliphatic heterocycles. The van der Waals surface area contributed by atoms with Gasteiger partial charge in [-0.1, -0.05) is 89.3 Å². The molecular weight excluding hydrogens is 558 g/mol. The maximum Gasteiger partial charge on any atom is 0.412 e. The van der Waals surface area contributed by atoms with Gasteiger partial charge < -0.3 is 33.9 Å². The van der Waals surface area contributed by atoms with Gasteiger partial charge in [0.15, 0.2) is 18.0 Å². The Morgan fingerprint density at radius 2 is 1.61 bits per heavy atom. The van der Waals surface area contributed by atoms with Gasteiger partial charge in [0, 0.05) is 31.9 Å². The number of amides is 1. The first-order chi connectivity index (χ1) is 21.4. The average Bonchev–Trinajstić information content (AvgIpc) is 3.43. The number of ether oxygens (including phenoxy) is 5. The van der Waals surface area contributed by atoms with Crippen LogP contribution in [0.15, 0.2) is 30.3 Å². The topological polar surface area (TPSA) is 90.5 Å². The van der Waals surface area contributed by atoms with Crippen molar-refractivity contribution in [3.63, 3.8) is 0 Å². The largest absolute Gasteiger partial charge is 0.440 e. The summed E-state index contributed by atoms with van der Waals surface area (Å²) in [6.07, 6.45) is 14.4. The molecular formula is C35H59N3O6. The van der Waals surface area contributed by atoms with Crippen LogP contribution in [0.4, 0.5) is 10.5 Å². The molecule has 1 amide bonds. The van der Waals surface area contributed by atoms with Crippen molar-refractivity contribution in [1.82, 2.24) is 10.2 Å². The molecule has 0 aromatic heterocycles. The summed E-state index contributed by atoms with van der Waals surface area (Å²) >= 11 is 0. The first kappa shape index (κ1) is 35.1. The van der Waals surface area contributed by atoms with Gasteiger partial charge in [0.05, 0.1) is 0 Å². The smallest absolute Gasteiger partial charge is 0.412 e. The molecule has 4 atom stereocenters. The number of benzene rings is 1. The zero-order chi connectivity index (χ0) is 31.1. The molecule has 1 aromatic carbocycles. The van der Waals surface area contributed by atoms with Crippen molar-refractivity contribution in [2.45, 2.75) is 134 Å². The second-order valence-electron chi connectivity index (χ2n) is 13.2. The molecule has 3 fully saturated rings. The number of carbonyl (C=O) groups is 1. The zero-order valence-electron chi connectivity index (χ0n) is 27.7. The van der Waals surface area contributed by atoms with Crippen molar-refractivity contribution >= 4 is 11.8 Å². The molecule has 9 heteroatoms. The lowest BCUT2D eigenvalue weighted by molar-refractivity contribution is -0.277. The molecule has 0 bridgehead atoms. The van der Waals surface area contributed by atoms with Crippen molar-refractivity contribution in [3.8, 4) is 0 Å². The van der Waals surface area contributed by atoms with E-state index in [1.54, 1.807) is 0 Å². The molecule has 4 rings (SSSR count). The van der Waals surface area contributed by atoms with Crippen LogP contribution >= 0.6 is 0 Å². The molecule has 0 spiro atoms. The fourth-order valence-electron chi connectivity index (χ4n) is 6.62. The van der Waals surface area contributed by atoms with Gasteiger partial charge in [0.2, 0.25) is 5.79 Å². The van der Waals surface area contributed by atoms with Crippen molar-refractivity contribution in [2.24, 2.45) is 0 Å². The van der Waals surface area contributed by atoms with Crippen LogP contribution < -0.4 is 10.6 Å². The molecule has 250 valence electrons. The van der Waals surface area contributed by atoms with Crippen LogP contribution in [0.2, 0.25) is 0 Å². The van der Waals surface area contributed by atoms with Gasteiger partial charge in [-0.2, -0.15) is 0 Å². The second-order valence-corrected chi connectivity index (χ2v) is 13.2. The summed E-state index contributed by atoms with van der Waals surface area (Å²) in [6, 6.07) is 9.31. The van der Waals surface area contributed by atoms with E-state index in [0.717, 1.165) is 39.0 Å². The number of piperidine rings is 1. The van der Waals surface area contributed by atoms with Crippen molar-refractivity contribution in [2.75, 3.05) is 51.3 Å². The number of hydrogen-bond donors (Lipinski definition) is 2. The van der Waals surface area contributed by atoms with Gasteiger partial charge in [-0.15, -0.1) is 0 Å². The fourth-order valence-corrected chi connectivity index (χ4v) is 6.62. The average molecular weight is 618 g/mol. The van der Waals surface area contributed by atoms with Gasteiger partial charge in [-0.25, -0.2) is 4.79 Å². The normalized spacial score (nSPS) is 26.5. The van der Waals surface area contributed by atoms with Crippen molar-refractivity contribution in [1.29, 1.82) is 0 Å². The lowest BCUT2D eigenvalue weighted by Crippen LogP contribution is -2.46. The third-order valence-corrected chi connectivity index (χ3v) is 8.89. The highest BCUT2D eigenvalue weighted by Crippen LogP contribution is 2.46. The van der Waals surface area contributed by atoms with Crippen LogP contribution in [0, 0.1) is 0 Å². The number of para-hydroxylation sites is 1. The highest BCUT2D eigenvalue weighted by molar-refractivity contribution is 5.84. The Morgan fingerprint density at radius 1 is 0.932 bits per heavy atom. The number of rotatable bonds is 20. The summed E-state index contributed by atoms with van der Waals surface area (Å²) in [4.78, 5) is 15.5. The van der Waals surface area contributed by atoms with Crippen LogP contribution in [-0.2, 0) is 23.7 Å². The molecule has 3 aliphatic rings. The molecule has 3 saturated heterocycles. The Kier molecular flexibility index (Phi) is 14.7. The van der Waals surface area contributed by atoms with E-state index in [0.29, 0.717) is 18.8 Å². The summed E-state index contributed by atoms with van der Waals surface area (Å²) in [5.74, 6) is -2.03. The number of carbonyl (C=O) groups excluding carboxylic acids is 1. The summed E-state index contributed by atoms with van der Waals surface area (Å²) in [6.45, 7) is 11.5. The van der Waals surface area contributed by atoms with Gasteiger partial charge >= 0.3 is 6.09 Å². The maximum atomic E-state index is 13.0. The van der Waals surface area contributed by atoms with Gasteiger partial charge in [0.1, 0.15) is 12.7 Å². The van der Waals surface area contributed by atoms with Crippen LogP contribution in [0.25, 0.3) is 0 Å². The molecule has 0 radical (unpaired) electrons. The summed E-state index contributed by atoms with van der Waals surface area (Å²) in [7, 11) is 0. The molecule has 0 unspecified atom stereocenters. The molecule has 0 aliphatic carbocycles. The van der Waals surface area contributed by atoms with Gasteiger partial charge in [-0.05, 0) is 58.3 Å². The van der Waals surface area contributed by atoms with E-state index < -0.39 is 36.0 Å². The van der Waals surface area contributed by atoms with E-state index in [2.05, 4.69) is 22.5 Å². The number of nitrogens with zero attached hydrogens (tertiary/aromatic N) is 1. The Morgan fingerprint density at radius 3 is 2.32 bits per heavy atom. The summed E-state index contributed by atoms with van der Waals surface area (Å²) in [5, 5.41) is 6.37. The quantitative estimate of drug-likeness (QED) is 0.153. The summed E-state index contributed by atoms with van der Waals surface area (Å²) in [5.41, 5.74) is 0.669.